The van der Waals surface area contributed by atoms with Crippen molar-refractivity contribution in [2.45, 2.75) is 13.5 Å². The summed E-state index contributed by atoms with van der Waals surface area (Å²) in [6, 6.07) is 5.46. The van der Waals surface area contributed by atoms with Gasteiger partial charge in [-0.25, -0.2) is 0 Å². The Bertz CT molecular complexity index is 338. The van der Waals surface area contributed by atoms with E-state index in [0.29, 0.717) is 12.3 Å². The minimum Gasteiger partial charge on any atom is -0.467 e. The van der Waals surface area contributed by atoms with Gasteiger partial charge < -0.3 is 9.32 Å². The normalized spacial score (nSPS) is 11.8. The maximum atomic E-state index is 11.5. The molecule has 0 aliphatic heterocycles. The van der Waals surface area contributed by atoms with Crippen LogP contribution >= 0.6 is 0 Å². The van der Waals surface area contributed by atoms with Crippen LogP contribution < -0.4 is 0 Å². The lowest BCUT2D eigenvalue weighted by Gasteiger charge is -2.16. The Kier molecular flexibility index (Phi) is 3.29. The standard InChI is InChI=1S/C10H12N2O2/c1-8(6-11)10(13)12(2)7-9-4-3-5-14-9/h3-5,8H,7H2,1-2H3. The van der Waals surface area contributed by atoms with E-state index in [0.717, 1.165) is 0 Å². The van der Waals surface area contributed by atoms with Crippen LogP contribution in [-0.4, -0.2) is 17.9 Å². The quantitative estimate of drug-likeness (QED) is 0.727. The largest absolute Gasteiger partial charge is 0.467 e. The van der Waals surface area contributed by atoms with Crippen molar-refractivity contribution in [2.75, 3.05) is 7.05 Å². The monoisotopic (exact) mass is 192 g/mol. The maximum Gasteiger partial charge on any atom is 0.239 e. The minimum atomic E-state index is -0.602. The maximum absolute atomic E-state index is 11.5. The van der Waals surface area contributed by atoms with Crippen molar-refractivity contribution in [3.8, 4) is 6.07 Å². The summed E-state index contributed by atoms with van der Waals surface area (Å²) in [5, 5.41) is 8.56. The number of carbonyl (C=O) groups excluding carboxylic acids is 1. The first-order chi connectivity index (χ1) is 6.65. The van der Waals surface area contributed by atoms with Gasteiger partial charge in [0.1, 0.15) is 11.7 Å². The van der Waals surface area contributed by atoms with Crippen LogP contribution in [0.5, 0.6) is 0 Å². The molecule has 0 N–H and O–H groups in total. The molecule has 1 aromatic heterocycles. The fraction of sp³-hybridized carbons (Fsp3) is 0.400. The smallest absolute Gasteiger partial charge is 0.239 e. The van der Waals surface area contributed by atoms with E-state index in [1.54, 1.807) is 32.4 Å². The third kappa shape index (κ3) is 2.36. The van der Waals surface area contributed by atoms with Gasteiger partial charge in [-0.15, -0.1) is 0 Å². The van der Waals surface area contributed by atoms with Gasteiger partial charge in [0.05, 0.1) is 18.9 Å². The Labute approximate surface area is 82.7 Å². The highest BCUT2D eigenvalue weighted by Crippen LogP contribution is 2.06. The van der Waals surface area contributed by atoms with E-state index in [1.807, 2.05) is 6.07 Å². The molecule has 1 heterocycles. The summed E-state index contributed by atoms with van der Waals surface area (Å²) in [6.07, 6.45) is 1.56. The first-order valence-electron chi connectivity index (χ1n) is 4.32. The molecule has 0 saturated carbocycles. The molecule has 74 valence electrons. The number of amides is 1. The lowest BCUT2D eigenvalue weighted by atomic mass is 10.2. The summed E-state index contributed by atoms with van der Waals surface area (Å²) in [7, 11) is 1.65. The molecule has 1 atom stereocenters. The molecule has 1 aromatic rings. The molecule has 4 nitrogen and oxygen atoms in total. The first kappa shape index (κ1) is 10.3. The molecule has 1 amide bonds. The Morgan fingerprint density at radius 1 is 1.79 bits per heavy atom. The van der Waals surface area contributed by atoms with Crippen LogP contribution in [0.25, 0.3) is 0 Å². The van der Waals surface area contributed by atoms with Gasteiger partial charge in [-0.2, -0.15) is 5.26 Å². The number of furan rings is 1. The molecule has 0 aromatic carbocycles. The van der Waals surface area contributed by atoms with Crippen LogP contribution in [-0.2, 0) is 11.3 Å². The number of rotatable bonds is 3. The fourth-order valence-electron chi connectivity index (χ4n) is 1.10. The number of carbonyl (C=O) groups is 1. The molecule has 0 radical (unpaired) electrons. The van der Waals surface area contributed by atoms with Crippen molar-refractivity contribution < 1.29 is 9.21 Å². The summed E-state index contributed by atoms with van der Waals surface area (Å²) in [5.41, 5.74) is 0. The van der Waals surface area contributed by atoms with Crippen LogP contribution in [0.1, 0.15) is 12.7 Å². The van der Waals surface area contributed by atoms with Crippen molar-refractivity contribution >= 4 is 5.91 Å². The topological polar surface area (TPSA) is 57.2 Å². The lowest BCUT2D eigenvalue weighted by molar-refractivity contribution is -0.132. The highest BCUT2D eigenvalue weighted by molar-refractivity contribution is 5.80. The van der Waals surface area contributed by atoms with Crippen LogP contribution in [0, 0.1) is 17.2 Å². The molecule has 14 heavy (non-hydrogen) atoms. The molecule has 0 spiro atoms. The van der Waals surface area contributed by atoms with Crippen molar-refractivity contribution in [3.63, 3.8) is 0 Å². The highest BCUT2D eigenvalue weighted by atomic mass is 16.3. The highest BCUT2D eigenvalue weighted by Gasteiger charge is 2.17. The zero-order valence-corrected chi connectivity index (χ0v) is 8.23. The van der Waals surface area contributed by atoms with Gasteiger partial charge in [-0.3, -0.25) is 4.79 Å². The zero-order valence-electron chi connectivity index (χ0n) is 8.23. The van der Waals surface area contributed by atoms with Gasteiger partial charge in [0, 0.05) is 7.05 Å². The SMILES string of the molecule is CC(C#N)C(=O)N(C)Cc1ccco1. The average Bonchev–Trinajstić information content (AvgIpc) is 2.68. The van der Waals surface area contributed by atoms with E-state index >= 15 is 0 Å². The molecule has 0 aliphatic carbocycles. The number of nitriles is 1. The van der Waals surface area contributed by atoms with Crippen LogP contribution in [0.3, 0.4) is 0 Å². The summed E-state index contributed by atoms with van der Waals surface area (Å²) in [6.45, 7) is 1.98. The molecular formula is C10H12N2O2. The van der Waals surface area contributed by atoms with Gasteiger partial charge in [0.15, 0.2) is 0 Å². The Morgan fingerprint density at radius 2 is 2.50 bits per heavy atom. The van der Waals surface area contributed by atoms with Gasteiger partial charge in [0.2, 0.25) is 5.91 Å². The first-order valence-corrected chi connectivity index (χ1v) is 4.32. The molecular weight excluding hydrogens is 180 g/mol. The summed E-state index contributed by atoms with van der Waals surface area (Å²) in [5.74, 6) is -0.0788. The molecule has 4 heteroatoms. The minimum absolute atomic E-state index is 0.191. The van der Waals surface area contributed by atoms with Crippen molar-refractivity contribution in [2.24, 2.45) is 5.92 Å². The van der Waals surface area contributed by atoms with Gasteiger partial charge >= 0.3 is 0 Å². The molecule has 1 unspecified atom stereocenters. The second-order valence-corrected chi connectivity index (χ2v) is 3.12. The summed E-state index contributed by atoms with van der Waals surface area (Å²) in [4.78, 5) is 12.9. The molecule has 1 rings (SSSR count). The predicted molar refractivity (Wildman–Crippen MR) is 50.0 cm³/mol. The Morgan fingerprint density at radius 3 is 3.00 bits per heavy atom. The van der Waals surface area contributed by atoms with E-state index < -0.39 is 5.92 Å². The number of hydrogen-bond acceptors (Lipinski definition) is 3. The fourth-order valence-corrected chi connectivity index (χ4v) is 1.10. The van der Waals surface area contributed by atoms with Crippen molar-refractivity contribution in [1.82, 2.24) is 4.90 Å². The van der Waals surface area contributed by atoms with Gasteiger partial charge in [-0.1, -0.05) is 0 Å². The average molecular weight is 192 g/mol. The molecule has 0 aliphatic rings. The third-order valence-electron chi connectivity index (χ3n) is 1.91. The number of hydrogen-bond donors (Lipinski definition) is 0. The van der Waals surface area contributed by atoms with E-state index in [9.17, 15) is 4.79 Å². The van der Waals surface area contributed by atoms with Crippen LogP contribution in [0.2, 0.25) is 0 Å². The van der Waals surface area contributed by atoms with E-state index in [4.69, 9.17) is 9.68 Å². The Hall–Kier alpha value is -1.76. The summed E-state index contributed by atoms with van der Waals surface area (Å²) < 4.78 is 5.09. The second kappa shape index (κ2) is 4.47. The Balaban J connectivity index is 2.55. The second-order valence-electron chi connectivity index (χ2n) is 3.12. The van der Waals surface area contributed by atoms with E-state index in [2.05, 4.69) is 0 Å². The van der Waals surface area contributed by atoms with Crippen molar-refractivity contribution in [1.29, 1.82) is 5.26 Å². The van der Waals surface area contributed by atoms with Gasteiger partial charge in [-0.05, 0) is 19.1 Å². The third-order valence-corrected chi connectivity index (χ3v) is 1.91. The van der Waals surface area contributed by atoms with Crippen LogP contribution in [0.4, 0.5) is 0 Å². The zero-order chi connectivity index (χ0) is 10.6. The van der Waals surface area contributed by atoms with Gasteiger partial charge in [0.25, 0.3) is 0 Å². The molecule has 0 bridgehead atoms. The molecule has 0 saturated heterocycles. The van der Waals surface area contributed by atoms with Crippen molar-refractivity contribution in [3.05, 3.63) is 24.2 Å². The summed E-state index contributed by atoms with van der Waals surface area (Å²) >= 11 is 0. The van der Waals surface area contributed by atoms with E-state index in [1.165, 1.54) is 4.90 Å². The van der Waals surface area contributed by atoms with E-state index in [-0.39, 0.29) is 5.91 Å². The number of nitrogens with zero attached hydrogens (tertiary/aromatic N) is 2. The van der Waals surface area contributed by atoms with Crippen LogP contribution in [0.15, 0.2) is 22.8 Å². The molecule has 0 fully saturated rings. The lowest BCUT2D eigenvalue weighted by Crippen LogP contribution is -2.30. The predicted octanol–water partition coefficient (Wildman–Crippen LogP) is 1.40.